The Bertz CT molecular complexity index is 452. The molecule has 1 amide bonds. The van der Waals surface area contributed by atoms with Gasteiger partial charge in [-0.15, -0.1) is 0 Å². The zero-order valence-corrected chi connectivity index (χ0v) is 12.2. The van der Waals surface area contributed by atoms with Crippen molar-refractivity contribution in [3.8, 4) is 0 Å². The third-order valence-corrected chi connectivity index (χ3v) is 3.13. The van der Waals surface area contributed by atoms with E-state index in [1.165, 1.54) is 4.68 Å². The molecule has 1 heterocycles. The van der Waals surface area contributed by atoms with Crippen molar-refractivity contribution in [1.82, 2.24) is 15.1 Å². The zero-order chi connectivity index (χ0) is 14.6. The smallest absolute Gasteiger partial charge is 0.271 e. The first kappa shape index (κ1) is 15.5. The van der Waals surface area contributed by atoms with Crippen LogP contribution in [0.4, 0.5) is 5.69 Å². The third-order valence-electron chi connectivity index (χ3n) is 3.13. The van der Waals surface area contributed by atoms with E-state index in [1.54, 1.807) is 14.0 Å². The van der Waals surface area contributed by atoms with Crippen LogP contribution in [0.25, 0.3) is 0 Å². The van der Waals surface area contributed by atoms with E-state index in [-0.39, 0.29) is 12.5 Å². The summed E-state index contributed by atoms with van der Waals surface area (Å²) in [6, 6.07) is 0. The molecule has 0 aliphatic carbocycles. The molecule has 0 aliphatic heterocycles. The molecule has 1 rings (SSSR count). The molecule has 4 N–H and O–H groups in total. The molecule has 19 heavy (non-hydrogen) atoms. The van der Waals surface area contributed by atoms with Crippen LogP contribution in [0.5, 0.6) is 0 Å². The fourth-order valence-electron chi connectivity index (χ4n) is 2.11. The molecule has 1 atom stereocenters. The number of amides is 1. The number of hydrogen-bond acceptors (Lipinski definition) is 4. The molecule has 6 heteroatoms. The van der Waals surface area contributed by atoms with Crippen molar-refractivity contribution in [2.75, 3.05) is 12.3 Å². The van der Waals surface area contributed by atoms with E-state index in [0.717, 1.165) is 6.42 Å². The highest BCUT2D eigenvalue weighted by Gasteiger charge is 2.23. The van der Waals surface area contributed by atoms with E-state index in [1.807, 2.05) is 13.8 Å². The summed E-state index contributed by atoms with van der Waals surface area (Å²) in [6.45, 7) is 5.84. The third kappa shape index (κ3) is 3.70. The van der Waals surface area contributed by atoms with Crippen LogP contribution in [0.1, 0.15) is 49.8 Å². The van der Waals surface area contributed by atoms with Gasteiger partial charge in [-0.2, -0.15) is 5.10 Å². The summed E-state index contributed by atoms with van der Waals surface area (Å²) < 4.78 is 1.48. The lowest BCUT2D eigenvalue weighted by molar-refractivity contribution is 0.0467. The minimum atomic E-state index is -0.897. The standard InChI is InChI=1S/C13H24N4O2/c1-5-7-13(3,19)8-15-12(18)11-10(14)9(6-2)16-17(11)4/h19H,5-8,14H2,1-4H3,(H,15,18). The molecule has 1 aromatic rings. The zero-order valence-electron chi connectivity index (χ0n) is 12.2. The van der Waals surface area contributed by atoms with Crippen LogP contribution in [0.3, 0.4) is 0 Å². The van der Waals surface area contributed by atoms with E-state index in [2.05, 4.69) is 10.4 Å². The highest BCUT2D eigenvalue weighted by Crippen LogP contribution is 2.17. The average molecular weight is 268 g/mol. The van der Waals surface area contributed by atoms with Gasteiger partial charge >= 0.3 is 0 Å². The van der Waals surface area contributed by atoms with Gasteiger partial charge in [0.05, 0.1) is 17.0 Å². The predicted molar refractivity (Wildman–Crippen MR) is 74.9 cm³/mol. The Morgan fingerprint density at radius 3 is 2.63 bits per heavy atom. The molecule has 0 aliphatic rings. The van der Waals surface area contributed by atoms with Crippen LogP contribution in [0.15, 0.2) is 0 Å². The minimum absolute atomic E-state index is 0.200. The summed E-state index contributed by atoms with van der Waals surface area (Å²) in [4.78, 5) is 12.1. The van der Waals surface area contributed by atoms with Crippen molar-refractivity contribution >= 4 is 11.6 Å². The van der Waals surface area contributed by atoms with Crippen LogP contribution in [0.2, 0.25) is 0 Å². The second-order valence-corrected chi connectivity index (χ2v) is 5.12. The van der Waals surface area contributed by atoms with Gasteiger partial charge in [0, 0.05) is 13.6 Å². The molecule has 0 radical (unpaired) electrons. The van der Waals surface area contributed by atoms with E-state index in [9.17, 15) is 9.90 Å². The van der Waals surface area contributed by atoms with Crippen molar-refractivity contribution in [3.05, 3.63) is 11.4 Å². The Kier molecular flexibility index (Phi) is 4.94. The number of carbonyl (C=O) groups is 1. The van der Waals surface area contributed by atoms with Gasteiger partial charge in [0.2, 0.25) is 0 Å². The maximum absolute atomic E-state index is 12.1. The van der Waals surface area contributed by atoms with Crippen molar-refractivity contribution in [3.63, 3.8) is 0 Å². The van der Waals surface area contributed by atoms with Crippen molar-refractivity contribution in [1.29, 1.82) is 0 Å². The highest BCUT2D eigenvalue weighted by molar-refractivity contribution is 5.98. The van der Waals surface area contributed by atoms with E-state index < -0.39 is 5.60 Å². The summed E-state index contributed by atoms with van der Waals surface area (Å²) in [7, 11) is 1.69. The Labute approximate surface area is 114 Å². The molecule has 0 fully saturated rings. The van der Waals surface area contributed by atoms with Gasteiger partial charge < -0.3 is 16.2 Å². The maximum atomic E-state index is 12.1. The van der Waals surface area contributed by atoms with Gasteiger partial charge in [-0.1, -0.05) is 20.3 Å². The first-order chi connectivity index (χ1) is 8.82. The molecule has 0 aromatic carbocycles. The van der Waals surface area contributed by atoms with Gasteiger partial charge in [-0.05, 0) is 19.8 Å². The molecule has 0 saturated heterocycles. The van der Waals surface area contributed by atoms with E-state index >= 15 is 0 Å². The quantitative estimate of drug-likeness (QED) is 0.713. The lowest BCUT2D eigenvalue weighted by Crippen LogP contribution is -2.41. The summed E-state index contributed by atoms with van der Waals surface area (Å²) in [5.74, 6) is -0.302. The van der Waals surface area contributed by atoms with Crippen molar-refractivity contribution in [2.24, 2.45) is 7.05 Å². The molecule has 1 aromatic heterocycles. The Balaban J connectivity index is 2.77. The Morgan fingerprint density at radius 2 is 2.16 bits per heavy atom. The van der Waals surface area contributed by atoms with Gasteiger partial charge in [0.15, 0.2) is 0 Å². The molecule has 1 unspecified atom stereocenters. The Hall–Kier alpha value is -1.56. The topological polar surface area (TPSA) is 93.2 Å². The first-order valence-electron chi connectivity index (χ1n) is 6.64. The summed E-state index contributed by atoms with van der Waals surface area (Å²) in [6.07, 6.45) is 2.17. The molecule has 108 valence electrons. The van der Waals surface area contributed by atoms with Gasteiger partial charge in [-0.3, -0.25) is 9.48 Å². The monoisotopic (exact) mass is 268 g/mol. The molecular formula is C13H24N4O2. The van der Waals surface area contributed by atoms with Gasteiger partial charge in [0.25, 0.3) is 5.91 Å². The minimum Gasteiger partial charge on any atom is -0.395 e. The second kappa shape index (κ2) is 6.06. The van der Waals surface area contributed by atoms with Gasteiger partial charge in [-0.25, -0.2) is 0 Å². The number of carbonyl (C=O) groups excluding carboxylic acids is 1. The number of nitrogens with two attached hydrogens (primary N) is 1. The average Bonchev–Trinajstić information content (AvgIpc) is 2.61. The normalized spacial score (nSPS) is 14.2. The van der Waals surface area contributed by atoms with Crippen LogP contribution >= 0.6 is 0 Å². The molecule has 0 bridgehead atoms. The predicted octanol–water partition coefficient (Wildman–Crippen LogP) is 0.846. The van der Waals surface area contributed by atoms with Crippen LogP contribution in [-0.4, -0.2) is 32.9 Å². The number of anilines is 1. The lowest BCUT2D eigenvalue weighted by atomic mass is 10.0. The number of aromatic nitrogens is 2. The number of aryl methyl sites for hydroxylation is 2. The SMILES string of the molecule is CCCC(C)(O)CNC(=O)c1c(N)c(CC)nn1C. The molecule has 0 spiro atoms. The van der Waals surface area contributed by atoms with Crippen molar-refractivity contribution in [2.45, 2.75) is 45.6 Å². The summed E-state index contributed by atoms with van der Waals surface area (Å²) in [5, 5.41) is 16.9. The number of aliphatic hydroxyl groups is 1. The summed E-state index contributed by atoms with van der Waals surface area (Å²) in [5.41, 5.74) is 6.49. The van der Waals surface area contributed by atoms with E-state index in [4.69, 9.17) is 5.73 Å². The first-order valence-corrected chi connectivity index (χ1v) is 6.64. The number of nitrogen functional groups attached to an aromatic ring is 1. The fourth-order valence-corrected chi connectivity index (χ4v) is 2.11. The number of hydrogen-bond donors (Lipinski definition) is 3. The van der Waals surface area contributed by atoms with Crippen LogP contribution < -0.4 is 11.1 Å². The molecular weight excluding hydrogens is 244 g/mol. The summed E-state index contributed by atoms with van der Waals surface area (Å²) >= 11 is 0. The Morgan fingerprint density at radius 1 is 1.53 bits per heavy atom. The second-order valence-electron chi connectivity index (χ2n) is 5.12. The largest absolute Gasteiger partial charge is 0.395 e. The highest BCUT2D eigenvalue weighted by atomic mass is 16.3. The molecule has 6 nitrogen and oxygen atoms in total. The van der Waals surface area contributed by atoms with Crippen LogP contribution in [0, 0.1) is 0 Å². The van der Waals surface area contributed by atoms with E-state index in [0.29, 0.717) is 29.9 Å². The fraction of sp³-hybridized carbons (Fsp3) is 0.692. The number of nitrogens with one attached hydrogen (secondary N) is 1. The number of rotatable bonds is 6. The van der Waals surface area contributed by atoms with Gasteiger partial charge in [0.1, 0.15) is 5.69 Å². The maximum Gasteiger partial charge on any atom is 0.271 e. The number of nitrogens with zero attached hydrogens (tertiary/aromatic N) is 2. The molecule has 0 saturated carbocycles. The lowest BCUT2D eigenvalue weighted by Gasteiger charge is -2.22. The van der Waals surface area contributed by atoms with Crippen LogP contribution in [-0.2, 0) is 13.5 Å². The van der Waals surface area contributed by atoms with Crippen molar-refractivity contribution < 1.29 is 9.90 Å².